The Bertz CT molecular complexity index is 479. The number of unbranched alkanes of at least 4 members (excludes halogenated alkanes) is 1. The number of nitrogens with zero attached hydrogens (tertiary/aromatic N) is 1. The lowest BCUT2D eigenvalue weighted by Gasteiger charge is -2.28. The fourth-order valence-electron chi connectivity index (χ4n) is 2.75. The second-order valence-electron chi connectivity index (χ2n) is 5.65. The van der Waals surface area contributed by atoms with Gasteiger partial charge >= 0.3 is 0 Å². The molecule has 0 bridgehead atoms. The number of fused-ring (bicyclic) bond motifs is 1. The van der Waals surface area contributed by atoms with E-state index in [1.165, 1.54) is 11.1 Å². The molecule has 0 aliphatic heterocycles. The van der Waals surface area contributed by atoms with E-state index in [4.69, 9.17) is 9.73 Å². The standard InChI is InChI=1S/C18H29N3O.HI/c1-3-19-18(20-11-7-8-12-22-4-2)21-14-16-13-15-9-5-6-10-17(15)16;/h5-6,9-10,16H,3-4,7-8,11-14H2,1-2H3,(H2,19,20,21);1H. The molecule has 0 saturated heterocycles. The molecule has 5 heteroatoms. The molecule has 0 saturated carbocycles. The van der Waals surface area contributed by atoms with Crippen molar-refractivity contribution in [3.05, 3.63) is 35.4 Å². The maximum Gasteiger partial charge on any atom is 0.191 e. The van der Waals surface area contributed by atoms with E-state index >= 15 is 0 Å². The zero-order valence-corrected chi connectivity index (χ0v) is 16.6. The Morgan fingerprint density at radius 3 is 2.78 bits per heavy atom. The predicted octanol–water partition coefficient (Wildman–Crippen LogP) is 3.32. The summed E-state index contributed by atoms with van der Waals surface area (Å²) in [6, 6.07) is 8.69. The molecule has 1 aliphatic rings. The molecule has 2 rings (SSSR count). The average Bonchev–Trinajstić information content (AvgIpc) is 2.51. The molecular weight excluding hydrogens is 401 g/mol. The van der Waals surface area contributed by atoms with Gasteiger partial charge in [-0.1, -0.05) is 24.3 Å². The quantitative estimate of drug-likeness (QED) is 0.273. The minimum atomic E-state index is 0. The van der Waals surface area contributed by atoms with E-state index in [1.54, 1.807) is 0 Å². The van der Waals surface area contributed by atoms with Crippen molar-refractivity contribution in [1.29, 1.82) is 0 Å². The van der Waals surface area contributed by atoms with Crippen LogP contribution in [0.4, 0.5) is 0 Å². The van der Waals surface area contributed by atoms with Crippen LogP contribution in [0.5, 0.6) is 0 Å². The van der Waals surface area contributed by atoms with Gasteiger partial charge in [0.05, 0.1) is 0 Å². The molecule has 0 amide bonds. The second kappa shape index (κ2) is 11.7. The van der Waals surface area contributed by atoms with Gasteiger partial charge in [0.2, 0.25) is 0 Å². The fraction of sp³-hybridized carbons (Fsp3) is 0.611. The van der Waals surface area contributed by atoms with Crippen LogP contribution >= 0.6 is 24.0 Å². The molecule has 2 N–H and O–H groups in total. The van der Waals surface area contributed by atoms with Crippen LogP contribution in [-0.4, -0.2) is 38.8 Å². The van der Waals surface area contributed by atoms with Gasteiger partial charge in [-0.3, -0.25) is 4.99 Å². The highest BCUT2D eigenvalue weighted by atomic mass is 127. The summed E-state index contributed by atoms with van der Waals surface area (Å²) in [5.41, 5.74) is 2.95. The molecule has 23 heavy (non-hydrogen) atoms. The first-order valence-corrected chi connectivity index (χ1v) is 8.52. The highest BCUT2D eigenvalue weighted by Gasteiger charge is 2.24. The zero-order chi connectivity index (χ0) is 15.6. The van der Waals surface area contributed by atoms with Crippen LogP contribution in [0.1, 0.15) is 43.7 Å². The van der Waals surface area contributed by atoms with Crippen molar-refractivity contribution in [3.63, 3.8) is 0 Å². The van der Waals surface area contributed by atoms with E-state index in [1.807, 2.05) is 6.92 Å². The smallest absolute Gasteiger partial charge is 0.191 e. The van der Waals surface area contributed by atoms with Gasteiger partial charge in [-0.15, -0.1) is 24.0 Å². The largest absolute Gasteiger partial charge is 0.382 e. The number of rotatable bonds is 9. The normalized spacial score (nSPS) is 16.1. The van der Waals surface area contributed by atoms with E-state index in [2.05, 4.69) is 41.8 Å². The Balaban J connectivity index is 0.00000264. The first-order chi connectivity index (χ1) is 10.8. The van der Waals surface area contributed by atoms with Gasteiger partial charge in [0.1, 0.15) is 0 Å². The molecule has 1 atom stereocenters. The monoisotopic (exact) mass is 431 g/mol. The molecule has 0 aromatic heterocycles. The lowest BCUT2D eigenvalue weighted by molar-refractivity contribution is 0.143. The maximum atomic E-state index is 5.35. The van der Waals surface area contributed by atoms with Gasteiger partial charge in [-0.2, -0.15) is 0 Å². The molecular formula is C18H30IN3O. The lowest BCUT2D eigenvalue weighted by Crippen LogP contribution is -2.38. The Hall–Kier alpha value is -0.820. The first kappa shape index (κ1) is 20.2. The molecule has 1 aromatic rings. The summed E-state index contributed by atoms with van der Waals surface area (Å²) >= 11 is 0. The molecule has 4 nitrogen and oxygen atoms in total. The van der Waals surface area contributed by atoms with Crippen molar-refractivity contribution in [2.75, 3.05) is 32.8 Å². The summed E-state index contributed by atoms with van der Waals surface area (Å²) in [6.07, 6.45) is 3.36. The SMILES string of the molecule is CCNC(=NCC1Cc2ccccc21)NCCCCOCC.I. The van der Waals surface area contributed by atoms with Crippen LogP contribution in [-0.2, 0) is 11.2 Å². The molecule has 130 valence electrons. The molecule has 1 unspecified atom stereocenters. The number of guanidine groups is 1. The van der Waals surface area contributed by atoms with Crippen LogP contribution in [0.3, 0.4) is 0 Å². The van der Waals surface area contributed by atoms with E-state index in [-0.39, 0.29) is 24.0 Å². The highest BCUT2D eigenvalue weighted by molar-refractivity contribution is 14.0. The Kier molecular flexibility index (Phi) is 10.3. The Labute approximate surface area is 157 Å². The Morgan fingerprint density at radius 2 is 2.04 bits per heavy atom. The second-order valence-corrected chi connectivity index (χ2v) is 5.65. The molecule has 0 heterocycles. The van der Waals surface area contributed by atoms with Crippen molar-refractivity contribution in [2.45, 2.75) is 39.0 Å². The van der Waals surface area contributed by atoms with Crippen molar-refractivity contribution >= 4 is 29.9 Å². The summed E-state index contributed by atoms with van der Waals surface area (Å²) in [5.74, 6) is 1.52. The van der Waals surface area contributed by atoms with Crippen molar-refractivity contribution < 1.29 is 4.74 Å². The van der Waals surface area contributed by atoms with E-state index in [0.29, 0.717) is 5.92 Å². The number of ether oxygens (including phenoxy) is 1. The molecule has 1 aliphatic carbocycles. The van der Waals surface area contributed by atoms with Gasteiger partial charge in [-0.25, -0.2) is 0 Å². The van der Waals surface area contributed by atoms with Crippen LogP contribution in [0, 0.1) is 0 Å². The van der Waals surface area contributed by atoms with Crippen LogP contribution in [0.25, 0.3) is 0 Å². The topological polar surface area (TPSA) is 45.7 Å². The third-order valence-corrected chi connectivity index (χ3v) is 3.99. The number of halogens is 1. The van der Waals surface area contributed by atoms with E-state index in [0.717, 1.165) is 58.1 Å². The maximum absolute atomic E-state index is 5.35. The third-order valence-electron chi connectivity index (χ3n) is 3.99. The predicted molar refractivity (Wildman–Crippen MR) is 108 cm³/mol. The summed E-state index contributed by atoms with van der Waals surface area (Å²) in [4.78, 5) is 4.73. The molecule has 0 spiro atoms. The van der Waals surface area contributed by atoms with Gasteiger partial charge in [-0.05, 0) is 44.2 Å². The number of nitrogens with one attached hydrogen (secondary N) is 2. The lowest BCUT2D eigenvalue weighted by atomic mass is 9.78. The van der Waals surface area contributed by atoms with Crippen molar-refractivity contribution in [1.82, 2.24) is 10.6 Å². The average molecular weight is 431 g/mol. The van der Waals surface area contributed by atoms with Crippen LogP contribution in [0.15, 0.2) is 29.3 Å². The molecule has 0 fully saturated rings. The zero-order valence-electron chi connectivity index (χ0n) is 14.3. The van der Waals surface area contributed by atoms with Gasteiger partial charge in [0.15, 0.2) is 5.96 Å². The van der Waals surface area contributed by atoms with Gasteiger partial charge < -0.3 is 15.4 Å². The minimum absolute atomic E-state index is 0. The number of benzene rings is 1. The highest BCUT2D eigenvalue weighted by Crippen LogP contribution is 2.34. The fourth-order valence-corrected chi connectivity index (χ4v) is 2.75. The van der Waals surface area contributed by atoms with E-state index < -0.39 is 0 Å². The van der Waals surface area contributed by atoms with Gasteiger partial charge in [0.25, 0.3) is 0 Å². The Morgan fingerprint density at radius 1 is 1.22 bits per heavy atom. The summed E-state index contributed by atoms with van der Waals surface area (Å²) in [7, 11) is 0. The van der Waals surface area contributed by atoms with Crippen LogP contribution in [0.2, 0.25) is 0 Å². The van der Waals surface area contributed by atoms with Crippen molar-refractivity contribution in [2.24, 2.45) is 4.99 Å². The van der Waals surface area contributed by atoms with Crippen molar-refractivity contribution in [3.8, 4) is 0 Å². The van der Waals surface area contributed by atoms with Crippen LogP contribution < -0.4 is 10.6 Å². The summed E-state index contributed by atoms with van der Waals surface area (Å²) in [6.45, 7) is 8.50. The summed E-state index contributed by atoms with van der Waals surface area (Å²) in [5, 5.41) is 6.73. The number of aliphatic imine (C=N–C) groups is 1. The van der Waals surface area contributed by atoms with E-state index in [9.17, 15) is 0 Å². The van der Waals surface area contributed by atoms with Gasteiger partial charge in [0, 0.05) is 38.8 Å². The number of hydrogen-bond acceptors (Lipinski definition) is 2. The summed E-state index contributed by atoms with van der Waals surface area (Å²) < 4.78 is 5.35. The number of hydrogen-bond donors (Lipinski definition) is 2. The molecule has 1 aromatic carbocycles. The molecule has 0 radical (unpaired) electrons. The third kappa shape index (κ3) is 6.67. The minimum Gasteiger partial charge on any atom is -0.382 e. The first-order valence-electron chi connectivity index (χ1n) is 8.52.